The monoisotopic (exact) mass is 637 g/mol. The van der Waals surface area contributed by atoms with Gasteiger partial charge in [0.1, 0.15) is 6.17 Å². The van der Waals surface area contributed by atoms with Gasteiger partial charge in [0.05, 0.1) is 40.1 Å². The molecule has 6 aromatic carbocycles. The topological polar surface area (TPSA) is 70.0 Å². The fourth-order valence-electron chi connectivity index (χ4n) is 7.81. The molecule has 2 aromatic heterocycles. The maximum absolute atomic E-state index is 3.87. The Labute approximate surface area is 283 Å². The van der Waals surface area contributed by atoms with Gasteiger partial charge in [-0.05, 0) is 47.5 Å². The predicted octanol–water partition coefficient (Wildman–Crippen LogP) is 7.89. The van der Waals surface area contributed by atoms with E-state index in [9.17, 15) is 0 Å². The zero-order valence-corrected chi connectivity index (χ0v) is 26.7. The van der Waals surface area contributed by atoms with E-state index in [1.807, 2.05) is 0 Å². The highest BCUT2D eigenvalue weighted by molar-refractivity contribution is 6.18. The third-order valence-electron chi connectivity index (χ3n) is 10.1. The molecule has 1 fully saturated rings. The zero-order chi connectivity index (χ0) is 32.3. The van der Waals surface area contributed by atoms with E-state index in [1.54, 1.807) is 0 Å². The van der Waals surface area contributed by atoms with Crippen molar-refractivity contribution in [1.82, 2.24) is 35.7 Å². The van der Waals surface area contributed by atoms with Gasteiger partial charge in [0.15, 0.2) is 6.29 Å². The van der Waals surface area contributed by atoms with Crippen molar-refractivity contribution >= 4 is 43.6 Å². The number of hydrogen-bond donors (Lipinski definition) is 5. The van der Waals surface area contributed by atoms with E-state index < -0.39 is 0 Å². The van der Waals surface area contributed by atoms with Crippen molar-refractivity contribution in [1.29, 1.82) is 0 Å². The minimum absolute atomic E-state index is 0.0409. The summed E-state index contributed by atoms with van der Waals surface area (Å²) in [6.45, 7) is 0. The fraction of sp³-hybridized carbons (Fsp3) is 0.0952. The molecule has 3 unspecified atom stereocenters. The van der Waals surface area contributed by atoms with Crippen LogP contribution in [-0.2, 0) is 0 Å². The third-order valence-corrected chi connectivity index (χ3v) is 10.1. The van der Waals surface area contributed by atoms with Gasteiger partial charge in [0.25, 0.3) is 0 Å². The number of nitrogens with zero attached hydrogens (tertiary/aromatic N) is 2. The Morgan fingerprint density at radius 2 is 0.959 bits per heavy atom. The van der Waals surface area contributed by atoms with E-state index >= 15 is 0 Å². The quantitative estimate of drug-likeness (QED) is 0.133. The second-order valence-corrected chi connectivity index (χ2v) is 12.9. The largest absolute Gasteiger partial charge is 0.353 e. The van der Waals surface area contributed by atoms with Crippen molar-refractivity contribution < 1.29 is 0 Å². The van der Waals surface area contributed by atoms with Crippen LogP contribution in [0.2, 0.25) is 0 Å². The Kier molecular flexibility index (Phi) is 6.55. The van der Waals surface area contributed by atoms with E-state index in [2.05, 4.69) is 194 Å². The summed E-state index contributed by atoms with van der Waals surface area (Å²) in [5.74, 6) is 0. The van der Waals surface area contributed by atoms with Gasteiger partial charge in [-0.3, -0.25) is 16.0 Å². The average molecular weight is 638 g/mol. The van der Waals surface area contributed by atoms with Crippen LogP contribution in [0.25, 0.3) is 49.3 Å². The Hall–Kier alpha value is -5.86. The zero-order valence-electron chi connectivity index (χ0n) is 26.7. The van der Waals surface area contributed by atoms with Gasteiger partial charge in [-0.1, -0.05) is 115 Å². The van der Waals surface area contributed by atoms with E-state index in [0.717, 1.165) is 11.4 Å². The van der Waals surface area contributed by atoms with Crippen LogP contribution in [0, 0.1) is 0 Å². The number of benzene rings is 6. The Bertz CT molecular complexity index is 2450. The molecular weight excluding hydrogens is 603 g/mol. The molecule has 10 rings (SSSR count). The second kappa shape index (κ2) is 11.4. The Balaban J connectivity index is 1.07. The van der Waals surface area contributed by atoms with Crippen molar-refractivity contribution in [2.24, 2.45) is 0 Å². The first-order chi connectivity index (χ1) is 24.3. The van der Waals surface area contributed by atoms with E-state index in [1.165, 1.54) is 54.7 Å². The first-order valence-corrected chi connectivity index (χ1v) is 16.9. The van der Waals surface area contributed by atoms with Crippen LogP contribution < -0.4 is 26.6 Å². The molecule has 0 radical (unpaired) electrons. The summed E-state index contributed by atoms with van der Waals surface area (Å²) >= 11 is 0. The molecule has 2 aliphatic heterocycles. The number of aromatic nitrogens is 2. The number of nitrogens with one attached hydrogen (secondary N) is 5. The van der Waals surface area contributed by atoms with Crippen molar-refractivity contribution in [3.05, 3.63) is 175 Å². The standard InChI is InChI=1S/C42H35N7/c1-4-14-27(15-5-1)39-45-40(28-16-6-2-7-17-28)47-41(46-39)34-26-43-42(44-34)49-36-23-13-11-21-31(36)33-24-32-30-20-10-12-22-35(30)48(37(32)25-38(33)49)29-18-8-3-9-19-29/h1-26,39-47H. The van der Waals surface area contributed by atoms with E-state index in [-0.39, 0.29) is 24.8 Å². The molecule has 4 heterocycles. The summed E-state index contributed by atoms with van der Waals surface area (Å²) in [4.78, 5) is 0. The second-order valence-electron chi connectivity index (χ2n) is 12.9. The van der Waals surface area contributed by atoms with Gasteiger partial charge < -0.3 is 19.8 Å². The molecule has 7 heteroatoms. The van der Waals surface area contributed by atoms with Crippen LogP contribution >= 0.6 is 0 Å². The molecule has 238 valence electrons. The lowest BCUT2D eigenvalue weighted by Gasteiger charge is -2.40. The van der Waals surface area contributed by atoms with Crippen LogP contribution in [-0.4, -0.2) is 15.3 Å². The first kappa shape index (κ1) is 28.2. The number of hydrogen-bond acceptors (Lipinski definition) is 5. The maximum atomic E-state index is 3.87. The summed E-state index contributed by atoms with van der Waals surface area (Å²) in [7, 11) is 0. The molecule has 5 N–H and O–H groups in total. The highest BCUT2D eigenvalue weighted by atomic mass is 15.4. The molecule has 0 spiro atoms. The molecule has 49 heavy (non-hydrogen) atoms. The van der Waals surface area contributed by atoms with Crippen LogP contribution in [0.4, 0.5) is 0 Å². The highest BCUT2D eigenvalue weighted by Gasteiger charge is 2.34. The van der Waals surface area contributed by atoms with Crippen molar-refractivity contribution in [2.75, 3.05) is 0 Å². The summed E-state index contributed by atoms with van der Waals surface area (Å²) in [6.07, 6.45) is 1.72. The average Bonchev–Trinajstić information content (AvgIpc) is 3.87. The molecule has 2 aliphatic rings. The summed E-state index contributed by atoms with van der Waals surface area (Å²) < 4.78 is 4.80. The maximum Gasteiger partial charge on any atom is 0.180 e. The van der Waals surface area contributed by atoms with E-state index in [4.69, 9.17) is 0 Å². The summed E-state index contributed by atoms with van der Waals surface area (Å²) in [5.41, 5.74) is 9.33. The van der Waals surface area contributed by atoms with Crippen molar-refractivity contribution in [2.45, 2.75) is 24.8 Å². The van der Waals surface area contributed by atoms with Gasteiger partial charge >= 0.3 is 0 Å². The van der Waals surface area contributed by atoms with Gasteiger partial charge in [0, 0.05) is 33.4 Å². The van der Waals surface area contributed by atoms with Crippen LogP contribution in [0.3, 0.4) is 0 Å². The number of rotatable bonds is 5. The molecule has 3 atom stereocenters. The molecule has 0 saturated carbocycles. The summed E-state index contributed by atoms with van der Waals surface area (Å²) in [5, 5.41) is 23.9. The van der Waals surface area contributed by atoms with Gasteiger partial charge in [-0.25, -0.2) is 0 Å². The molecular formula is C42H35N7. The van der Waals surface area contributed by atoms with Gasteiger partial charge in [-0.2, -0.15) is 0 Å². The first-order valence-electron chi connectivity index (χ1n) is 16.9. The molecule has 0 aliphatic carbocycles. The van der Waals surface area contributed by atoms with Crippen LogP contribution in [0.15, 0.2) is 164 Å². The molecule has 0 amide bonds. The molecule has 8 aromatic rings. The van der Waals surface area contributed by atoms with Crippen LogP contribution in [0.1, 0.15) is 29.7 Å². The lowest BCUT2D eigenvalue weighted by atomic mass is 10.1. The van der Waals surface area contributed by atoms with E-state index in [0.29, 0.717) is 0 Å². The fourth-order valence-corrected chi connectivity index (χ4v) is 7.81. The number of fused-ring (bicyclic) bond motifs is 6. The van der Waals surface area contributed by atoms with Crippen molar-refractivity contribution in [3.63, 3.8) is 0 Å². The normalized spacial score (nSPS) is 20.9. The minimum atomic E-state index is -0.187. The summed E-state index contributed by atoms with van der Waals surface area (Å²) in [6, 6.07) is 54.0. The van der Waals surface area contributed by atoms with Gasteiger partial charge in [0.2, 0.25) is 0 Å². The Morgan fingerprint density at radius 3 is 1.63 bits per heavy atom. The SMILES string of the molecule is C1=C(C2NC(c3ccccc3)NC(c3ccccc3)N2)NC(n2c3ccccc3c3cc4c5ccccc5n(-c5ccccc5)c4cc32)N1. The predicted molar refractivity (Wildman–Crippen MR) is 199 cm³/mol. The lowest BCUT2D eigenvalue weighted by Crippen LogP contribution is -2.60. The van der Waals surface area contributed by atoms with Crippen molar-refractivity contribution in [3.8, 4) is 5.69 Å². The molecule has 0 bridgehead atoms. The highest BCUT2D eigenvalue weighted by Crippen LogP contribution is 2.39. The Morgan fingerprint density at radius 1 is 0.429 bits per heavy atom. The van der Waals surface area contributed by atoms with Crippen LogP contribution in [0.5, 0.6) is 0 Å². The lowest BCUT2D eigenvalue weighted by molar-refractivity contribution is 0.215. The number of para-hydroxylation sites is 3. The minimum Gasteiger partial charge on any atom is -0.353 e. The molecule has 1 saturated heterocycles. The van der Waals surface area contributed by atoms with Gasteiger partial charge in [-0.15, -0.1) is 0 Å². The smallest absolute Gasteiger partial charge is 0.180 e. The molecule has 7 nitrogen and oxygen atoms in total. The third kappa shape index (κ3) is 4.63.